The molecule has 1 aromatic carbocycles. The van der Waals surface area contributed by atoms with E-state index in [1.165, 1.54) is 12.1 Å². The Morgan fingerprint density at radius 3 is 2.46 bits per heavy atom. The summed E-state index contributed by atoms with van der Waals surface area (Å²) in [6.45, 7) is 1.73. The van der Waals surface area contributed by atoms with Crippen molar-refractivity contribution < 1.29 is 17.9 Å². The van der Waals surface area contributed by atoms with E-state index < -0.39 is 11.7 Å². The van der Waals surface area contributed by atoms with Gasteiger partial charge in [-0.15, -0.1) is 24.4 Å². The van der Waals surface area contributed by atoms with Gasteiger partial charge in [-0.1, -0.05) is 34.2 Å². The van der Waals surface area contributed by atoms with Gasteiger partial charge in [-0.3, -0.25) is 0 Å². The summed E-state index contributed by atoms with van der Waals surface area (Å²) in [6.07, 6.45) is 8.56. The van der Waals surface area contributed by atoms with Gasteiger partial charge >= 0.3 is 6.18 Å². The molecular weight excluding hydrogens is 425 g/mol. The fraction of sp³-hybridized carbons (Fsp3) is 0.235. The number of allylic oxidation sites excluding steroid dienone is 3. The first-order valence-corrected chi connectivity index (χ1v) is 8.60. The fourth-order valence-electron chi connectivity index (χ4n) is 1.62. The first-order valence-electron chi connectivity index (χ1n) is 6.54. The average molecular weight is 440 g/mol. The predicted octanol–water partition coefficient (Wildman–Crippen LogP) is 6.15. The molecule has 0 amide bonds. The van der Waals surface area contributed by atoms with Gasteiger partial charge in [-0.25, -0.2) is 0 Å². The Morgan fingerprint density at radius 2 is 2.00 bits per heavy atom. The summed E-state index contributed by atoms with van der Waals surface area (Å²) in [4.78, 5) is 0.0472. The molecule has 0 aliphatic carbocycles. The van der Waals surface area contributed by atoms with Crippen molar-refractivity contribution in [1.29, 1.82) is 0 Å². The lowest BCUT2D eigenvalue weighted by molar-refractivity contribution is -0.137. The van der Waals surface area contributed by atoms with E-state index in [-0.39, 0.29) is 22.1 Å². The molecule has 0 N–H and O–H groups in total. The Labute approximate surface area is 158 Å². The third kappa shape index (κ3) is 7.08. The molecule has 0 radical (unpaired) electrons. The van der Waals surface area contributed by atoms with Crippen LogP contribution in [0.1, 0.15) is 18.1 Å². The number of halogens is 5. The molecule has 1 nitrogen and oxygen atoms in total. The van der Waals surface area contributed by atoms with Crippen molar-refractivity contribution in [3.05, 3.63) is 53.3 Å². The van der Waals surface area contributed by atoms with Crippen molar-refractivity contribution in [3.8, 4) is 18.6 Å². The highest BCUT2D eigenvalue weighted by atomic mass is 79.9. The van der Waals surface area contributed by atoms with Crippen LogP contribution in [0.3, 0.4) is 0 Å². The highest BCUT2D eigenvalue weighted by molar-refractivity contribution is 9.09. The lowest BCUT2D eigenvalue weighted by Crippen LogP contribution is -2.13. The second-order valence-corrected chi connectivity index (χ2v) is 5.52. The SMILES string of the molecule is C#C.C/C=C(\C=C/CBr)Oc1ccc(C(=S)CCl)c(C(F)(F)F)c1. The Hall–Kier alpha value is -1.29. The maximum Gasteiger partial charge on any atom is 0.417 e. The van der Waals surface area contributed by atoms with Crippen molar-refractivity contribution in [2.75, 3.05) is 11.2 Å². The molecular formula is C17H15BrClF3OS. The third-order valence-corrected chi connectivity index (χ3v) is 3.77. The average Bonchev–Trinajstić information content (AvgIpc) is 2.58. The molecule has 0 aliphatic rings. The highest BCUT2D eigenvalue weighted by Crippen LogP contribution is 2.35. The first kappa shape index (κ1) is 22.7. The molecule has 24 heavy (non-hydrogen) atoms. The Bertz CT molecular complexity index is 636. The molecule has 1 rings (SSSR count). The second-order valence-electron chi connectivity index (χ2n) is 4.11. The molecule has 0 heterocycles. The van der Waals surface area contributed by atoms with Gasteiger partial charge in [0.05, 0.1) is 11.4 Å². The Balaban J connectivity index is 0.00000254. The van der Waals surface area contributed by atoms with Crippen LogP contribution in [0.25, 0.3) is 0 Å². The number of alkyl halides is 5. The molecule has 0 fully saturated rings. The van der Waals surface area contributed by atoms with Crippen LogP contribution in [0.2, 0.25) is 0 Å². The van der Waals surface area contributed by atoms with Gasteiger partial charge in [-0.05, 0) is 37.3 Å². The van der Waals surface area contributed by atoms with Crippen molar-refractivity contribution in [1.82, 2.24) is 0 Å². The fourth-order valence-corrected chi connectivity index (χ4v) is 2.13. The smallest absolute Gasteiger partial charge is 0.417 e. The molecule has 0 unspecified atom stereocenters. The summed E-state index contributed by atoms with van der Waals surface area (Å²) < 4.78 is 44.9. The minimum atomic E-state index is -4.54. The predicted molar refractivity (Wildman–Crippen MR) is 101 cm³/mol. The van der Waals surface area contributed by atoms with Crippen LogP contribution in [0, 0.1) is 12.8 Å². The van der Waals surface area contributed by atoms with Crippen LogP contribution >= 0.6 is 39.7 Å². The van der Waals surface area contributed by atoms with Crippen LogP contribution in [0.5, 0.6) is 5.75 Å². The zero-order chi connectivity index (χ0) is 18.8. The van der Waals surface area contributed by atoms with E-state index in [0.29, 0.717) is 11.1 Å². The van der Waals surface area contributed by atoms with Gasteiger partial charge in [0.1, 0.15) is 11.5 Å². The number of hydrogen-bond donors (Lipinski definition) is 0. The van der Waals surface area contributed by atoms with Crippen LogP contribution in [0.4, 0.5) is 13.2 Å². The molecule has 0 atom stereocenters. The second kappa shape index (κ2) is 11.3. The number of rotatable bonds is 6. The van der Waals surface area contributed by atoms with E-state index in [1.807, 2.05) is 0 Å². The lowest BCUT2D eigenvalue weighted by atomic mass is 10.0. The maximum atomic E-state index is 13.2. The molecule has 1 aromatic rings. The monoisotopic (exact) mass is 438 g/mol. The normalized spacial score (nSPS) is 11.8. The van der Waals surface area contributed by atoms with Crippen molar-refractivity contribution in [2.24, 2.45) is 0 Å². The molecule has 0 bridgehead atoms. The summed E-state index contributed by atoms with van der Waals surface area (Å²) in [6, 6.07) is 3.65. The molecule has 7 heteroatoms. The number of thiocarbonyl (C=S) groups is 1. The lowest BCUT2D eigenvalue weighted by Gasteiger charge is -2.15. The molecule has 130 valence electrons. The van der Waals surface area contributed by atoms with Gasteiger partial charge in [0.25, 0.3) is 0 Å². The Kier molecular flexibility index (Phi) is 10.7. The quantitative estimate of drug-likeness (QED) is 0.131. The molecule has 0 aliphatic heterocycles. The summed E-state index contributed by atoms with van der Waals surface area (Å²) in [7, 11) is 0. The zero-order valence-electron chi connectivity index (χ0n) is 12.7. The van der Waals surface area contributed by atoms with Crippen LogP contribution in [-0.2, 0) is 6.18 Å². The van der Waals surface area contributed by atoms with Crippen molar-refractivity contribution in [3.63, 3.8) is 0 Å². The summed E-state index contributed by atoms with van der Waals surface area (Å²) in [5, 5.41) is 0.616. The highest BCUT2D eigenvalue weighted by Gasteiger charge is 2.34. The third-order valence-electron chi connectivity index (χ3n) is 2.61. The summed E-state index contributed by atoms with van der Waals surface area (Å²) in [5.74, 6) is 0.383. The van der Waals surface area contributed by atoms with E-state index in [4.69, 9.17) is 28.6 Å². The van der Waals surface area contributed by atoms with Gasteiger partial charge in [0.15, 0.2) is 0 Å². The van der Waals surface area contributed by atoms with E-state index >= 15 is 0 Å². The van der Waals surface area contributed by atoms with Crippen molar-refractivity contribution in [2.45, 2.75) is 13.1 Å². The minimum Gasteiger partial charge on any atom is -0.458 e. The summed E-state index contributed by atoms with van der Waals surface area (Å²) in [5.41, 5.74) is -0.946. The van der Waals surface area contributed by atoms with Gasteiger partial charge in [0.2, 0.25) is 0 Å². The molecule has 0 saturated carbocycles. The minimum absolute atomic E-state index is 0.0472. The topological polar surface area (TPSA) is 9.23 Å². The zero-order valence-corrected chi connectivity index (χ0v) is 15.9. The molecule has 0 spiro atoms. The largest absolute Gasteiger partial charge is 0.458 e. The van der Waals surface area contributed by atoms with Gasteiger partial charge < -0.3 is 4.74 Å². The van der Waals surface area contributed by atoms with E-state index in [9.17, 15) is 13.2 Å². The van der Waals surface area contributed by atoms with Crippen LogP contribution in [-0.4, -0.2) is 16.1 Å². The van der Waals surface area contributed by atoms with Crippen LogP contribution in [0.15, 0.2) is 42.2 Å². The first-order chi connectivity index (χ1) is 11.3. The van der Waals surface area contributed by atoms with E-state index in [1.54, 1.807) is 25.2 Å². The number of terminal acetylenes is 1. The van der Waals surface area contributed by atoms with E-state index in [0.717, 1.165) is 6.07 Å². The Morgan fingerprint density at radius 1 is 1.38 bits per heavy atom. The standard InChI is InChI=1S/C15H13BrClF3OS.C2H2/c1-2-10(4-3-7-16)21-11-5-6-12(14(22)9-17)13(8-11)15(18,19)20;1-2/h2-6,8H,7,9H2,1H3;1-2H/b4-3-,10-2+;. The number of ether oxygens (including phenoxy) is 1. The van der Waals surface area contributed by atoms with Crippen LogP contribution < -0.4 is 4.74 Å². The van der Waals surface area contributed by atoms with Crippen molar-refractivity contribution >= 4 is 44.6 Å². The molecule has 0 saturated heterocycles. The summed E-state index contributed by atoms with van der Waals surface area (Å²) >= 11 is 13.7. The maximum absolute atomic E-state index is 13.2. The molecule has 0 aromatic heterocycles. The van der Waals surface area contributed by atoms with E-state index in [2.05, 4.69) is 28.8 Å². The number of hydrogen-bond acceptors (Lipinski definition) is 2. The van der Waals surface area contributed by atoms with Gasteiger partial charge in [-0.2, -0.15) is 13.2 Å². The number of benzene rings is 1. The van der Waals surface area contributed by atoms with Gasteiger partial charge in [0, 0.05) is 15.8 Å².